The van der Waals surface area contributed by atoms with Crippen LogP contribution in [0.4, 0.5) is 4.79 Å². The smallest absolute Gasteiger partial charge is 0.410 e. The molecule has 33 heavy (non-hydrogen) atoms. The molecule has 7 heteroatoms. The molecule has 2 aromatic rings. The van der Waals surface area contributed by atoms with Crippen molar-refractivity contribution in [3.8, 4) is 0 Å². The Balaban J connectivity index is 1.89. The Kier molecular flexibility index (Phi) is 7.98. The Bertz CT molecular complexity index is 1020. The van der Waals surface area contributed by atoms with Gasteiger partial charge in [-0.15, -0.1) is 0 Å². The molecule has 0 aliphatic carbocycles. The highest BCUT2D eigenvalue weighted by Gasteiger charge is 2.51. The van der Waals surface area contributed by atoms with E-state index in [1.807, 2.05) is 50.2 Å². The van der Waals surface area contributed by atoms with E-state index in [2.05, 4.69) is 0 Å². The minimum Gasteiger partial charge on any atom is -0.464 e. The van der Waals surface area contributed by atoms with E-state index < -0.39 is 29.9 Å². The molecule has 1 saturated heterocycles. The molecule has 2 aromatic carbocycles. The summed E-state index contributed by atoms with van der Waals surface area (Å²) in [6.07, 6.45) is -0.0907. The molecular formula is C26H29NO6. The molecule has 0 radical (unpaired) electrons. The number of aldehydes is 1. The molecule has 1 aliphatic rings. The van der Waals surface area contributed by atoms with Crippen LogP contribution in [-0.2, 0) is 25.7 Å². The number of hydrogen-bond donors (Lipinski definition) is 0. The Hall–Kier alpha value is -3.48. The maximum atomic E-state index is 13.4. The molecule has 174 valence electrons. The van der Waals surface area contributed by atoms with Crippen LogP contribution in [0, 0.1) is 25.7 Å². The predicted molar refractivity (Wildman–Crippen MR) is 122 cm³/mol. The number of amides is 1. The number of carbonyl (C=O) groups is 4. The van der Waals surface area contributed by atoms with Crippen LogP contribution in [0.1, 0.15) is 40.4 Å². The molecule has 7 nitrogen and oxygen atoms in total. The normalized spacial score (nSPS) is 19.7. The number of aryl methyl sites for hydroxylation is 2. The van der Waals surface area contributed by atoms with Gasteiger partial charge in [0, 0.05) is 30.4 Å². The lowest BCUT2D eigenvalue weighted by atomic mass is 9.82. The van der Waals surface area contributed by atoms with Crippen LogP contribution in [0.5, 0.6) is 0 Å². The minimum atomic E-state index is -1.07. The van der Waals surface area contributed by atoms with E-state index in [9.17, 15) is 19.2 Å². The van der Waals surface area contributed by atoms with Gasteiger partial charge in [0.05, 0.1) is 6.61 Å². The highest BCUT2D eigenvalue weighted by Crippen LogP contribution is 2.36. The fourth-order valence-electron chi connectivity index (χ4n) is 4.22. The van der Waals surface area contributed by atoms with Crippen molar-refractivity contribution >= 4 is 24.1 Å². The average molecular weight is 452 g/mol. The van der Waals surface area contributed by atoms with Crippen LogP contribution in [-0.4, -0.2) is 48.2 Å². The van der Waals surface area contributed by atoms with Crippen LogP contribution < -0.4 is 0 Å². The Morgan fingerprint density at radius 3 is 2.39 bits per heavy atom. The molecule has 3 atom stereocenters. The average Bonchev–Trinajstić information content (AvgIpc) is 3.19. The molecule has 1 heterocycles. The summed E-state index contributed by atoms with van der Waals surface area (Å²) < 4.78 is 10.6. The maximum Gasteiger partial charge on any atom is 0.410 e. The zero-order chi connectivity index (χ0) is 24.0. The Morgan fingerprint density at radius 1 is 1.03 bits per heavy atom. The molecule has 3 rings (SSSR count). The first-order valence-corrected chi connectivity index (χ1v) is 11.1. The predicted octanol–water partition coefficient (Wildman–Crippen LogP) is 3.89. The highest BCUT2D eigenvalue weighted by atomic mass is 16.6. The SMILES string of the molecule is CCOC(=O)[C@@H]1[C@@H](CC=O)[C@@H](C(=O)c2ccc(C)c(C)c2)CN1C(=O)OCc1ccccc1. The summed E-state index contributed by atoms with van der Waals surface area (Å²) in [7, 11) is 0. The zero-order valence-corrected chi connectivity index (χ0v) is 19.2. The number of Topliss-reactive ketones (excluding diaryl/α,β-unsaturated/α-hetero) is 1. The number of hydrogen-bond acceptors (Lipinski definition) is 6. The Morgan fingerprint density at radius 2 is 1.76 bits per heavy atom. The quantitative estimate of drug-likeness (QED) is 0.344. The third-order valence-electron chi connectivity index (χ3n) is 6.12. The van der Waals surface area contributed by atoms with Crippen molar-refractivity contribution in [3.05, 3.63) is 70.8 Å². The highest BCUT2D eigenvalue weighted by molar-refractivity contribution is 6.00. The van der Waals surface area contributed by atoms with E-state index >= 15 is 0 Å². The van der Waals surface area contributed by atoms with E-state index in [0.29, 0.717) is 11.8 Å². The van der Waals surface area contributed by atoms with Crippen LogP contribution in [0.2, 0.25) is 0 Å². The number of benzene rings is 2. The van der Waals surface area contributed by atoms with Crippen molar-refractivity contribution in [2.75, 3.05) is 13.2 Å². The van der Waals surface area contributed by atoms with Gasteiger partial charge in [0.15, 0.2) is 5.78 Å². The van der Waals surface area contributed by atoms with Gasteiger partial charge in [0.25, 0.3) is 0 Å². The summed E-state index contributed by atoms with van der Waals surface area (Å²) in [5.74, 6) is -2.27. The van der Waals surface area contributed by atoms with Crippen molar-refractivity contribution in [2.24, 2.45) is 11.8 Å². The first kappa shape index (κ1) is 24.2. The molecule has 0 aromatic heterocycles. The summed E-state index contributed by atoms with van der Waals surface area (Å²) in [6, 6.07) is 13.5. The van der Waals surface area contributed by atoms with Crippen molar-refractivity contribution in [2.45, 2.75) is 39.8 Å². The van der Waals surface area contributed by atoms with Crippen molar-refractivity contribution in [1.82, 2.24) is 4.90 Å². The van der Waals surface area contributed by atoms with Crippen LogP contribution in [0.15, 0.2) is 48.5 Å². The second kappa shape index (κ2) is 10.9. The fourth-order valence-corrected chi connectivity index (χ4v) is 4.22. The lowest BCUT2D eigenvalue weighted by Gasteiger charge is -2.25. The fraction of sp³-hybridized carbons (Fsp3) is 0.385. The lowest BCUT2D eigenvalue weighted by Crippen LogP contribution is -2.44. The first-order valence-electron chi connectivity index (χ1n) is 11.1. The number of carbonyl (C=O) groups excluding carboxylic acids is 4. The molecule has 0 spiro atoms. The molecule has 0 bridgehead atoms. The summed E-state index contributed by atoms with van der Waals surface area (Å²) in [6.45, 7) is 5.65. The van der Waals surface area contributed by atoms with Gasteiger partial charge in [0.1, 0.15) is 18.9 Å². The van der Waals surface area contributed by atoms with Crippen LogP contribution >= 0.6 is 0 Å². The van der Waals surface area contributed by atoms with Gasteiger partial charge in [-0.25, -0.2) is 9.59 Å². The lowest BCUT2D eigenvalue weighted by molar-refractivity contribution is -0.149. The number of esters is 1. The zero-order valence-electron chi connectivity index (χ0n) is 19.2. The molecule has 1 amide bonds. The molecule has 0 N–H and O–H groups in total. The van der Waals surface area contributed by atoms with Crippen molar-refractivity contribution in [1.29, 1.82) is 0 Å². The van der Waals surface area contributed by atoms with E-state index in [0.717, 1.165) is 16.7 Å². The number of ketones is 1. The van der Waals surface area contributed by atoms with Crippen LogP contribution in [0.3, 0.4) is 0 Å². The van der Waals surface area contributed by atoms with E-state index in [1.54, 1.807) is 19.1 Å². The van der Waals surface area contributed by atoms with Gasteiger partial charge >= 0.3 is 12.1 Å². The number of rotatable bonds is 8. The van der Waals surface area contributed by atoms with E-state index in [-0.39, 0.29) is 32.0 Å². The molecule has 1 fully saturated rings. The maximum absolute atomic E-state index is 13.4. The van der Waals surface area contributed by atoms with E-state index in [1.165, 1.54) is 4.90 Å². The van der Waals surface area contributed by atoms with Crippen molar-refractivity contribution in [3.63, 3.8) is 0 Å². The van der Waals surface area contributed by atoms with Gasteiger partial charge in [-0.3, -0.25) is 9.69 Å². The number of ether oxygens (including phenoxy) is 2. The van der Waals surface area contributed by atoms with Gasteiger partial charge in [-0.1, -0.05) is 42.5 Å². The first-order chi connectivity index (χ1) is 15.9. The summed E-state index contributed by atoms with van der Waals surface area (Å²) in [5.41, 5.74) is 3.30. The summed E-state index contributed by atoms with van der Waals surface area (Å²) >= 11 is 0. The van der Waals surface area contributed by atoms with Gasteiger partial charge in [-0.2, -0.15) is 0 Å². The van der Waals surface area contributed by atoms with Crippen molar-refractivity contribution < 1.29 is 28.7 Å². The van der Waals surface area contributed by atoms with Gasteiger partial charge in [-0.05, 0) is 43.5 Å². The summed E-state index contributed by atoms with van der Waals surface area (Å²) in [4.78, 5) is 51.9. The second-order valence-corrected chi connectivity index (χ2v) is 8.23. The largest absolute Gasteiger partial charge is 0.464 e. The Labute approximate surface area is 193 Å². The topological polar surface area (TPSA) is 90.0 Å². The van der Waals surface area contributed by atoms with E-state index in [4.69, 9.17) is 9.47 Å². The number of likely N-dealkylation sites (tertiary alicyclic amines) is 1. The summed E-state index contributed by atoms with van der Waals surface area (Å²) in [5, 5.41) is 0. The number of nitrogens with zero attached hydrogens (tertiary/aromatic N) is 1. The second-order valence-electron chi connectivity index (χ2n) is 8.23. The van der Waals surface area contributed by atoms with Crippen LogP contribution in [0.25, 0.3) is 0 Å². The molecule has 1 aliphatic heterocycles. The standard InChI is InChI=1S/C26H29NO6/c1-4-32-25(30)23-21(12-13-28)22(24(29)20-11-10-17(2)18(3)14-20)15-27(23)26(31)33-16-19-8-6-5-7-9-19/h5-11,13-14,21-23H,4,12,15-16H2,1-3H3/t21-,22-,23-/m0/s1. The third kappa shape index (κ3) is 5.48. The third-order valence-corrected chi connectivity index (χ3v) is 6.12. The monoisotopic (exact) mass is 451 g/mol. The molecule has 0 saturated carbocycles. The molecule has 0 unspecified atom stereocenters. The minimum absolute atomic E-state index is 0.0264. The van der Waals surface area contributed by atoms with Gasteiger partial charge < -0.3 is 14.3 Å². The van der Waals surface area contributed by atoms with Gasteiger partial charge in [0.2, 0.25) is 0 Å². The molecular weight excluding hydrogens is 422 g/mol.